The Balaban J connectivity index is 2.08. The van der Waals surface area contributed by atoms with Crippen molar-refractivity contribution in [2.75, 3.05) is 19.2 Å². The first kappa shape index (κ1) is 14.4. The van der Waals surface area contributed by atoms with Crippen LogP contribution in [0.3, 0.4) is 0 Å². The number of hydrogen-bond acceptors (Lipinski definition) is 6. The highest BCUT2D eigenvalue weighted by Gasteiger charge is 2.31. The van der Waals surface area contributed by atoms with Gasteiger partial charge >= 0.3 is 5.97 Å². The maximum absolute atomic E-state index is 12.9. The molecular weight excluding hydrogens is 318 g/mol. The molecule has 0 aliphatic carbocycles. The van der Waals surface area contributed by atoms with E-state index in [0.29, 0.717) is 21.9 Å². The van der Waals surface area contributed by atoms with E-state index in [0.717, 1.165) is 11.3 Å². The van der Waals surface area contributed by atoms with Crippen LogP contribution in [0.1, 0.15) is 30.2 Å². The smallest absolute Gasteiger partial charge is 0.344 e. The number of hydrogen-bond donors (Lipinski definition) is 0. The number of nitrogens with zero attached hydrogens (tertiary/aromatic N) is 1. The van der Waals surface area contributed by atoms with Crippen LogP contribution in [0.15, 0.2) is 22.0 Å². The second kappa shape index (κ2) is 5.19. The van der Waals surface area contributed by atoms with Crippen LogP contribution in [0.5, 0.6) is 11.5 Å². The summed E-state index contributed by atoms with van der Waals surface area (Å²) in [6, 6.07) is 3.65. The summed E-state index contributed by atoms with van der Waals surface area (Å²) in [6.45, 7) is 4.16. The maximum Gasteiger partial charge on any atom is 0.344 e. The number of carbonyl (C=O) groups is 1. The van der Waals surface area contributed by atoms with Gasteiger partial charge in [-0.05, 0) is 19.9 Å². The predicted molar refractivity (Wildman–Crippen MR) is 85.7 cm³/mol. The molecule has 1 aromatic carbocycles. The van der Waals surface area contributed by atoms with Crippen molar-refractivity contribution in [3.05, 3.63) is 27.9 Å². The number of fused-ring (bicyclic) bond motifs is 4. The third kappa shape index (κ3) is 2.03. The lowest BCUT2D eigenvalue weighted by atomic mass is 10.1. The fourth-order valence-electron chi connectivity index (χ4n) is 3.01. The van der Waals surface area contributed by atoms with Crippen LogP contribution in [0.25, 0.3) is 10.9 Å². The Bertz CT molecular complexity index is 888. The van der Waals surface area contributed by atoms with Crippen molar-refractivity contribution in [3.8, 4) is 11.5 Å². The number of ether oxygens (including phenoxy) is 3. The number of thioether (sulfide) groups is 1. The molecule has 1 unspecified atom stereocenters. The summed E-state index contributed by atoms with van der Waals surface area (Å²) >= 11 is 1.51. The number of rotatable bonds is 2. The largest absolute Gasteiger partial charge is 0.462 e. The average molecular weight is 333 g/mol. The molecule has 0 bridgehead atoms. The van der Waals surface area contributed by atoms with Crippen molar-refractivity contribution in [1.29, 1.82) is 0 Å². The van der Waals surface area contributed by atoms with Gasteiger partial charge in [-0.15, -0.1) is 11.8 Å². The Morgan fingerprint density at radius 1 is 1.39 bits per heavy atom. The van der Waals surface area contributed by atoms with Crippen LogP contribution in [0, 0.1) is 0 Å². The zero-order chi connectivity index (χ0) is 16.1. The van der Waals surface area contributed by atoms with Gasteiger partial charge in [0.1, 0.15) is 5.56 Å². The third-order valence-electron chi connectivity index (χ3n) is 4.04. The molecule has 120 valence electrons. The van der Waals surface area contributed by atoms with E-state index in [4.69, 9.17) is 14.2 Å². The fourth-order valence-corrected chi connectivity index (χ4v) is 4.30. The van der Waals surface area contributed by atoms with Gasteiger partial charge in [-0.3, -0.25) is 4.79 Å². The van der Waals surface area contributed by atoms with Crippen molar-refractivity contribution in [1.82, 2.24) is 4.57 Å². The number of pyridine rings is 1. The van der Waals surface area contributed by atoms with Gasteiger partial charge in [-0.1, -0.05) is 0 Å². The van der Waals surface area contributed by atoms with Crippen LogP contribution in [-0.4, -0.2) is 29.7 Å². The number of carbonyl (C=O) groups excluding carboxylic acids is 1. The van der Waals surface area contributed by atoms with E-state index in [1.54, 1.807) is 13.0 Å². The summed E-state index contributed by atoms with van der Waals surface area (Å²) in [5.41, 5.74) is 0.567. The molecule has 7 heteroatoms. The summed E-state index contributed by atoms with van der Waals surface area (Å²) in [6.07, 6.45) is 0. The van der Waals surface area contributed by atoms with Crippen molar-refractivity contribution in [2.24, 2.45) is 0 Å². The van der Waals surface area contributed by atoms with Crippen molar-refractivity contribution in [3.63, 3.8) is 0 Å². The quantitative estimate of drug-likeness (QED) is 0.787. The van der Waals surface area contributed by atoms with Crippen molar-refractivity contribution < 1.29 is 19.0 Å². The van der Waals surface area contributed by atoms with Gasteiger partial charge < -0.3 is 18.8 Å². The molecule has 1 atom stereocenters. The molecule has 23 heavy (non-hydrogen) atoms. The number of aromatic nitrogens is 1. The highest BCUT2D eigenvalue weighted by atomic mass is 32.2. The van der Waals surface area contributed by atoms with E-state index in [2.05, 4.69) is 6.92 Å². The van der Waals surface area contributed by atoms with Crippen LogP contribution in [0.4, 0.5) is 0 Å². The van der Waals surface area contributed by atoms with Crippen LogP contribution in [-0.2, 0) is 4.74 Å². The summed E-state index contributed by atoms with van der Waals surface area (Å²) in [7, 11) is 0. The molecule has 0 radical (unpaired) electrons. The van der Waals surface area contributed by atoms with Gasteiger partial charge in [0.05, 0.1) is 22.5 Å². The van der Waals surface area contributed by atoms with Gasteiger partial charge in [0, 0.05) is 17.9 Å². The lowest BCUT2D eigenvalue weighted by molar-refractivity contribution is 0.0519. The average Bonchev–Trinajstić information content (AvgIpc) is 3.12. The molecule has 1 aromatic heterocycles. The van der Waals surface area contributed by atoms with Gasteiger partial charge in [0.15, 0.2) is 11.5 Å². The zero-order valence-electron chi connectivity index (χ0n) is 12.8. The summed E-state index contributed by atoms with van der Waals surface area (Å²) < 4.78 is 17.9. The highest BCUT2D eigenvalue weighted by Crippen LogP contribution is 2.41. The lowest BCUT2D eigenvalue weighted by Crippen LogP contribution is -2.22. The molecule has 0 amide bonds. The summed E-state index contributed by atoms with van der Waals surface area (Å²) in [4.78, 5) is 25.2. The Kier molecular flexibility index (Phi) is 3.26. The van der Waals surface area contributed by atoms with E-state index in [9.17, 15) is 9.59 Å². The molecule has 2 aliphatic rings. The summed E-state index contributed by atoms with van der Waals surface area (Å²) in [5, 5.41) is 1.13. The van der Waals surface area contributed by atoms with Crippen molar-refractivity contribution >= 4 is 28.6 Å². The van der Waals surface area contributed by atoms with Gasteiger partial charge in [-0.25, -0.2) is 4.79 Å². The second-order valence-corrected chi connectivity index (χ2v) is 6.49. The van der Waals surface area contributed by atoms with Crippen LogP contribution in [0.2, 0.25) is 0 Å². The molecule has 0 N–H and O–H groups in total. The Hall–Kier alpha value is -2.15. The molecule has 2 aromatic rings. The molecular formula is C16H15NO5S. The van der Waals surface area contributed by atoms with E-state index >= 15 is 0 Å². The molecule has 0 spiro atoms. The van der Waals surface area contributed by atoms with E-state index < -0.39 is 5.97 Å². The fraction of sp³-hybridized carbons (Fsp3) is 0.375. The zero-order valence-corrected chi connectivity index (χ0v) is 13.6. The SMILES string of the molecule is CCOC(=O)c1c2n(c3cc4c(cc3c1=O)OCO4)C(C)CS2. The van der Waals surface area contributed by atoms with Gasteiger partial charge in [-0.2, -0.15) is 0 Å². The molecule has 0 saturated carbocycles. The normalized spacial score (nSPS) is 18.3. The first-order chi connectivity index (χ1) is 11.1. The van der Waals surface area contributed by atoms with Gasteiger partial charge in [0.25, 0.3) is 0 Å². The van der Waals surface area contributed by atoms with Crippen LogP contribution >= 0.6 is 11.8 Å². The minimum absolute atomic E-state index is 0.118. The standard InChI is InChI=1S/C16H15NO5S/c1-3-20-16(19)13-14(18)9-4-11-12(22-7-21-11)5-10(9)17-8(2)6-23-15(13)17/h4-5,8H,3,6-7H2,1-2H3. The summed E-state index contributed by atoms with van der Waals surface area (Å²) in [5.74, 6) is 1.39. The first-order valence-electron chi connectivity index (χ1n) is 7.43. The second-order valence-electron chi connectivity index (χ2n) is 5.48. The van der Waals surface area contributed by atoms with E-state index in [-0.39, 0.29) is 30.4 Å². The monoisotopic (exact) mass is 333 g/mol. The Morgan fingerprint density at radius 3 is 2.87 bits per heavy atom. The number of benzene rings is 1. The first-order valence-corrected chi connectivity index (χ1v) is 8.42. The molecule has 0 fully saturated rings. The van der Waals surface area contributed by atoms with E-state index in [1.165, 1.54) is 11.8 Å². The van der Waals surface area contributed by atoms with Crippen molar-refractivity contribution in [2.45, 2.75) is 24.9 Å². The van der Waals surface area contributed by atoms with Crippen LogP contribution < -0.4 is 14.9 Å². The topological polar surface area (TPSA) is 66.8 Å². The molecule has 0 saturated heterocycles. The minimum Gasteiger partial charge on any atom is -0.462 e. The lowest BCUT2D eigenvalue weighted by Gasteiger charge is -2.16. The Labute approximate surface area is 136 Å². The predicted octanol–water partition coefficient (Wildman–Crippen LogP) is 2.57. The number of esters is 1. The molecule has 3 heterocycles. The molecule has 2 aliphatic heterocycles. The minimum atomic E-state index is -0.567. The van der Waals surface area contributed by atoms with E-state index in [1.807, 2.05) is 10.6 Å². The highest BCUT2D eigenvalue weighted by molar-refractivity contribution is 7.99. The maximum atomic E-state index is 12.9. The molecule has 4 rings (SSSR count). The third-order valence-corrected chi connectivity index (χ3v) is 5.36. The van der Waals surface area contributed by atoms with Gasteiger partial charge in [0.2, 0.25) is 12.2 Å². The molecule has 6 nitrogen and oxygen atoms in total. The Morgan fingerprint density at radius 2 is 2.13 bits per heavy atom.